The van der Waals surface area contributed by atoms with Crippen LogP contribution < -0.4 is 11.3 Å². The molecule has 0 spiro atoms. The highest BCUT2D eigenvalue weighted by Gasteiger charge is 2.13. The topological polar surface area (TPSA) is 119 Å². The van der Waals surface area contributed by atoms with Crippen LogP contribution >= 0.6 is 0 Å². The van der Waals surface area contributed by atoms with Gasteiger partial charge in [0.2, 0.25) is 0 Å². The minimum atomic E-state index is -2.99. The minimum absolute atomic E-state index is 0.0967. The molecule has 2 rings (SSSR count). The van der Waals surface area contributed by atoms with Crippen LogP contribution in [0.5, 0.6) is 0 Å². The van der Waals surface area contributed by atoms with Gasteiger partial charge in [0.15, 0.2) is 11.5 Å². The predicted molar refractivity (Wildman–Crippen MR) is 80.2 cm³/mol. The van der Waals surface area contributed by atoms with Gasteiger partial charge in [-0.2, -0.15) is 5.10 Å². The predicted octanol–water partition coefficient (Wildman–Crippen LogP) is -0.875. The number of nitrogens with zero attached hydrogens (tertiary/aromatic N) is 5. The van der Waals surface area contributed by atoms with E-state index in [9.17, 15) is 8.42 Å². The Labute approximate surface area is 123 Å². The quantitative estimate of drug-likeness (QED) is 0.521. The number of sulfone groups is 1. The fraction of sp³-hybridized carbons (Fsp3) is 0.545. The van der Waals surface area contributed by atoms with Gasteiger partial charge < -0.3 is 5.43 Å². The summed E-state index contributed by atoms with van der Waals surface area (Å²) in [5.74, 6) is 6.62. The normalized spacial score (nSPS) is 12.2. The number of hydrazine groups is 1. The smallest absolute Gasteiger partial charge is 0.163 e. The molecule has 21 heavy (non-hydrogen) atoms. The van der Waals surface area contributed by atoms with Crippen LogP contribution in [0.3, 0.4) is 0 Å². The zero-order valence-electron chi connectivity index (χ0n) is 12.2. The maximum absolute atomic E-state index is 11.2. The molecule has 0 unspecified atom stereocenters. The lowest BCUT2D eigenvalue weighted by Gasteiger charge is -2.15. The fourth-order valence-corrected chi connectivity index (χ4v) is 2.53. The van der Waals surface area contributed by atoms with Crippen LogP contribution in [-0.4, -0.2) is 58.7 Å². The van der Waals surface area contributed by atoms with Crippen molar-refractivity contribution in [3.8, 4) is 0 Å². The van der Waals surface area contributed by atoms with Crippen LogP contribution in [0.1, 0.15) is 5.82 Å². The molecule has 0 fully saturated rings. The molecule has 0 aliphatic rings. The monoisotopic (exact) mass is 313 g/mol. The van der Waals surface area contributed by atoms with E-state index in [1.165, 1.54) is 6.26 Å². The number of nitrogen functional groups attached to an aromatic ring is 1. The van der Waals surface area contributed by atoms with Crippen molar-refractivity contribution in [3.63, 3.8) is 0 Å². The van der Waals surface area contributed by atoms with Crippen molar-refractivity contribution in [1.29, 1.82) is 0 Å². The Morgan fingerprint density at radius 1 is 1.43 bits per heavy atom. The fourth-order valence-electron chi connectivity index (χ4n) is 1.89. The molecule has 0 amide bonds. The first-order valence-corrected chi connectivity index (χ1v) is 8.37. The Hall–Kier alpha value is -1.78. The number of rotatable bonds is 6. The molecule has 9 nitrogen and oxygen atoms in total. The second-order valence-electron chi connectivity index (χ2n) is 5.01. The highest BCUT2D eigenvalue weighted by molar-refractivity contribution is 7.90. The summed E-state index contributed by atoms with van der Waals surface area (Å²) < 4.78 is 24.0. The number of aryl methyl sites for hydroxylation is 1. The molecular weight excluding hydrogens is 294 g/mol. The molecule has 2 aromatic heterocycles. The van der Waals surface area contributed by atoms with Gasteiger partial charge >= 0.3 is 0 Å². The Morgan fingerprint density at radius 3 is 2.76 bits per heavy atom. The maximum atomic E-state index is 11.2. The summed E-state index contributed by atoms with van der Waals surface area (Å²) in [4.78, 5) is 10.6. The molecule has 0 atom stereocenters. The van der Waals surface area contributed by atoms with Crippen LogP contribution in [0.2, 0.25) is 0 Å². The van der Waals surface area contributed by atoms with E-state index in [0.717, 1.165) is 5.39 Å². The second-order valence-corrected chi connectivity index (χ2v) is 7.27. The maximum Gasteiger partial charge on any atom is 0.163 e. The Kier molecular flexibility index (Phi) is 4.40. The average Bonchev–Trinajstić information content (AvgIpc) is 2.77. The number of fused-ring (bicyclic) bond motifs is 1. The van der Waals surface area contributed by atoms with E-state index in [4.69, 9.17) is 5.84 Å². The minimum Gasteiger partial charge on any atom is -0.308 e. The van der Waals surface area contributed by atoms with Gasteiger partial charge in [-0.25, -0.2) is 24.2 Å². The molecule has 0 saturated carbocycles. The largest absolute Gasteiger partial charge is 0.308 e. The summed E-state index contributed by atoms with van der Waals surface area (Å²) in [6, 6.07) is 0. The van der Waals surface area contributed by atoms with Crippen molar-refractivity contribution in [1.82, 2.24) is 24.6 Å². The molecule has 3 N–H and O–H groups in total. The standard InChI is InChI=1S/C11H19N7O2S/c1-17(4-5-21(3,19)20)7-9-14-10(16-12)8-6-13-18(2)11(8)15-9/h6H,4-5,7,12H2,1-3H3,(H,14,15,16). The number of hydrogen-bond acceptors (Lipinski definition) is 8. The van der Waals surface area contributed by atoms with Crippen molar-refractivity contribution in [3.05, 3.63) is 12.0 Å². The molecular formula is C11H19N7O2S. The number of aromatic nitrogens is 4. The number of anilines is 1. The van der Waals surface area contributed by atoms with Gasteiger partial charge in [0.1, 0.15) is 15.7 Å². The van der Waals surface area contributed by atoms with Crippen LogP contribution in [0.4, 0.5) is 5.82 Å². The third-order valence-electron chi connectivity index (χ3n) is 3.03. The van der Waals surface area contributed by atoms with E-state index in [1.54, 1.807) is 17.9 Å². The Balaban J connectivity index is 2.20. The number of nitrogens with two attached hydrogens (primary N) is 1. The molecule has 0 bridgehead atoms. The molecule has 0 aromatic carbocycles. The second kappa shape index (κ2) is 5.92. The first kappa shape index (κ1) is 15.6. The van der Waals surface area contributed by atoms with Crippen LogP contribution in [0.25, 0.3) is 11.0 Å². The summed E-state index contributed by atoms with van der Waals surface area (Å²) in [6.07, 6.45) is 2.86. The summed E-state index contributed by atoms with van der Waals surface area (Å²) in [5.41, 5.74) is 3.21. The van der Waals surface area contributed by atoms with E-state index in [0.29, 0.717) is 30.4 Å². The highest BCUT2D eigenvalue weighted by atomic mass is 32.2. The van der Waals surface area contributed by atoms with Crippen molar-refractivity contribution in [2.75, 3.05) is 31.0 Å². The number of hydrogen-bond donors (Lipinski definition) is 2. The van der Waals surface area contributed by atoms with Crippen LogP contribution in [-0.2, 0) is 23.4 Å². The third kappa shape index (κ3) is 3.86. The third-order valence-corrected chi connectivity index (χ3v) is 3.95. The average molecular weight is 313 g/mol. The van der Waals surface area contributed by atoms with Gasteiger partial charge in [-0.3, -0.25) is 9.58 Å². The van der Waals surface area contributed by atoms with Crippen LogP contribution in [0, 0.1) is 0 Å². The van der Waals surface area contributed by atoms with Gasteiger partial charge in [-0.1, -0.05) is 0 Å². The molecule has 0 aliphatic heterocycles. The molecule has 2 aromatic rings. The zero-order chi connectivity index (χ0) is 15.6. The first-order valence-electron chi connectivity index (χ1n) is 6.31. The summed E-state index contributed by atoms with van der Waals surface area (Å²) >= 11 is 0. The summed E-state index contributed by atoms with van der Waals surface area (Å²) in [7, 11) is 0.616. The molecule has 10 heteroatoms. The summed E-state index contributed by atoms with van der Waals surface area (Å²) in [5, 5.41) is 4.86. The Bertz CT molecular complexity index is 740. The van der Waals surface area contributed by atoms with E-state index in [-0.39, 0.29) is 5.75 Å². The van der Waals surface area contributed by atoms with Gasteiger partial charge in [0.25, 0.3) is 0 Å². The molecule has 116 valence electrons. The van der Waals surface area contributed by atoms with Gasteiger partial charge in [0.05, 0.1) is 23.9 Å². The van der Waals surface area contributed by atoms with Crippen molar-refractivity contribution < 1.29 is 8.42 Å². The van der Waals surface area contributed by atoms with Gasteiger partial charge in [-0.05, 0) is 7.05 Å². The van der Waals surface area contributed by atoms with E-state index in [2.05, 4.69) is 20.5 Å². The highest BCUT2D eigenvalue weighted by Crippen LogP contribution is 2.18. The SMILES string of the molecule is CN(CCS(C)(=O)=O)Cc1nc(NN)c2cnn(C)c2n1. The van der Waals surface area contributed by atoms with Crippen molar-refractivity contribution in [2.45, 2.75) is 6.54 Å². The van der Waals surface area contributed by atoms with Crippen molar-refractivity contribution >= 4 is 26.7 Å². The first-order chi connectivity index (χ1) is 9.80. The van der Waals surface area contributed by atoms with Crippen molar-refractivity contribution in [2.24, 2.45) is 12.9 Å². The van der Waals surface area contributed by atoms with Crippen LogP contribution in [0.15, 0.2) is 6.20 Å². The van der Waals surface area contributed by atoms with E-state index >= 15 is 0 Å². The zero-order valence-corrected chi connectivity index (χ0v) is 13.1. The lowest BCUT2D eigenvalue weighted by molar-refractivity contribution is 0.337. The Morgan fingerprint density at radius 2 is 2.14 bits per heavy atom. The molecule has 2 heterocycles. The van der Waals surface area contributed by atoms with E-state index in [1.807, 2.05) is 11.9 Å². The van der Waals surface area contributed by atoms with E-state index < -0.39 is 9.84 Å². The lowest BCUT2D eigenvalue weighted by atomic mass is 10.4. The van der Waals surface area contributed by atoms with Gasteiger partial charge in [0, 0.05) is 19.8 Å². The van der Waals surface area contributed by atoms with Gasteiger partial charge in [-0.15, -0.1) is 0 Å². The molecule has 0 aliphatic carbocycles. The summed E-state index contributed by atoms with van der Waals surface area (Å²) in [6.45, 7) is 0.836. The lowest BCUT2D eigenvalue weighted by Crippen LogP contribution is -2.26. The number of nitrogens with one attached hydrogen (secondary N) is 1. The molecule has 0 saturated heterocycles. The molecule has 0 radical (unpaired) electrons.